The van der Waals surface area contributed by atoms with E-state index < -0.39 is 0 Å². The standard InChI is InChI=1S/C30H49NO2/c1-2-3-4-5-6-7-8-9-10-11-12-13-17-20-30(32)27-21-28-24-33-25-29(22-27)31(28)23-26-18-15-14-16-19-26/h14-16,18-19,27-29H,2-13,17,20-25H2,1H3. The van der Waals surface area contributed by atoms with E-state index in [9.17, 15) is 4.79 Å². The molecule has 2 bridgehead atoms. The number of rotatable bonds is 17. The van der Waals surface area contributed by atoms with E-state index in [-0.39, 0.29) is 5.92 Å². The Bertz CT molecular complexity index is 632. The first-order chi connectivity index (χ1) is 16.3. The van der Waals surface area contributed by atoms with E-state index in [1.807, 2.05) is 0 Å². The fourth-order valence-electron chi connectivity index (χ4n) is 5.83. The Hall–Kier alpha value is -1.19. The highest BCUT2D eigenvalue weighted by molar-refractivity contribution is 5.81. The summed E-state index contributed by atoms with van der Waals surface area (Å²) in [6, 6.07) is 11.5. The van der Waals surface area contributed by atoms with Crippen molar-refractivity contribution < 1.29 is 9.53 Å². The maximum atomic E-state index is 12.9. The minimum absolute atomic E-state index is 0.258. The van der Waals surface area contributed by atoms with Crippen molar-refractivity contribution in [2.75, 3.05) is 13.2 Å². The van der Waals surface area contributed by atoms with Gasteiger partial charge in [-0.1, -0.05) is 114 Å². The van der Waals surface area contributed by atoms with Gasteiger partial charge in [0.15, 0.2) is 0 Å². The van der Waals surface area contributed by atoms with Gasteiger partial charge in [0, 0.05) is 31.0 Å². The van der Waals surface area contributed by atoms with Gasteiger partial charge >= 0.3 is 0 Å². The van der Waals surface area contributed by atoms with E-state index >= 15 is 0 Å². The van der Waals surface area contributed by atoms with Crippen LogP contribution in [0.25, 0.3) is 0 Å². The zero-order chi connectivity index (χ0) is 23.1. The number of fused-ring (bicyclic) bond motifs is 2. The number of piperidine rings is 1. The maximum Gasteiger partial charge on any atom is 0.136 e. The Morgan fingerprint density at radius 3 is 1.85 bits per heavy atom. The van der Waals surface area contributed by atoms with Crippen LogP contribution in [0.5, 0.6) is 0 Å². The number of unbranched alkanes of at least 4 members (excludes halogenated alkanes) is 12. The molecule has 3 heteroatoms. The molecule has 3 nitrogen and oxygen atoms in total. The van der Waals surface area contributed by atoms with Crippen LogP contribution in [0.1, 0.15) is 115 Å². The number of carbonyl (C=O) groups is 1. The van der Waals surface area contributed by atoms with Crippen LogP contribution in [0.15, 0.2) is 30.3 Å². The van der Waals surface area contributed by atoms with Crippen LogP contribution in [0.2, 0.25) is 0 Å². The summed E-state index contributed by atoms with van der Waals surface area (Å²) in [7, 11) is 0. The normalized spacial score (nSPS) is 23.0. The minimum atomic E-state index is 0.258. The highest BCUT2D eigenvalue weighted by Gasteiger charge is 2.40. The number of benzene rings is 1. The highest BCUT2D eigenvalue weighted by Crippen LogP contribution is 2.34. The van der Waals surface area contributed by atoms with Gasteiger partial charge in [0.1, 0.15) is 5.78 Å². The number of hydrogen-bond donors (Lipinski definition) is 0. The largest absolute Gasteiger partial charge is 0.378 e. The zero-order valence-electron chi connectivity index (χ0n) is 21.3. The molecular weight excluding hydrogens is 406 g/mol. The first-order valence-corrected chi connectivity index (χ1v) is 14.2. The van der Waals surface area contributed by atoms with Gasteiger partial charge in [0.05, 0.1) is 13.2 Å². The van der Waals surface area contributed by atoms with Crippen LogP contribution < -0.4 is 0 Å². The molecule has 33 heavy (non-hydrogen) atoms. The molecule has 2 aliphatic heterocycles. The van der Waals surface area contributed by atoms with Crippen LogP contribution in [0.3, 0.4) is 0 Å². The van der Waals surface area contributed by atoms with Crippen LogP contribution in [-0.4, -0.2) is 36.0 Å². The molecule has 1 aromatic rings. The second kappa shape index (κ2) is 15.7. The van der Waals surface area contributed by atoms with Gasteiger partial charge in [0.2, 0.25) is 0 Å². The topological polar surface area (TPSA) is 29.5 Å². The van der Waals surface area contributed by atoms with Gasteiger partial charge in [-0.3, -0.25) is 9.69 Å². The van der Waals surface area contributed by atoms with Crippen molar-refractivity contribution in [1.82, 2.24) is 4.90 Å². The third-order valence-corrected chi connectivity index (χ3v) is 7.86. The second-order valence-corrected chi connectivity index (χ2v) is 10.6. The average molecular weight is 456 g/mol. The van der Waals surface area contributed by atoms with Gasteiger partial charge in [-0.15, -0.1) is 0 Å². The fourth-order valence-corrected chi connectivity index (χ4v) is 5.83. The Balaban J connectivity index is 1.23. The molecule has 0 saturated carbocycles. The van der Waals surface area contributed by atoms with Crippen molar-refractivity contribution in [3.63, 3.8) is 0 Å². The number of nitrogens with zero attached hydrogens (tertiary/aromatic N) is 1. The monoisotopic (exact) mass is 455 g/mol. The maximum absolute atomic E-state index is 12.9. The summed E-state index contributed by atoms with van der Waals surface area (Å²) in [6.07, 6.45) is 20.4. The van der Waals surface area contributed by atoms with Gasteiger partial charge in [-0.05, 0) is 24.8 Å². The molecule has 0 aromatic heterocycles. The lowest BCUT2D eigenvalue weighted by atomic mass is 9.81. The van der Waals surface area contributed by atoms with Crippen LogP contribution in [0, 0.1) is 5.92 Å². The number of morpholine rings is 1. The number of ether oxygens (including phenoxy) is 1. The number of carbonyl (C=O) groups excluding carboxylic acids is 1. The van der Waals surface area contributed by atoms with E-state index in [0.29, 0.717) is 17.9 Å². The summed E-state index contributed by atoms with van der Waals surface area (Å²) in [5.74, 6) is 0.780. The van der Waals surface area contributed by atoms with Crippen molar-refractivity contribution in [3.05, 3.63) is 35.9 Å². The Kier molecular flexibility index (Phi) is 12.5. The summed E-state index contributed by atoms with van der Waals surface area (Å²) in [5, 5.41) is 0. The van der Waals surface area contributed by atoms with Crippen molar-refractivity contribution >= 4 is 5.78 Å². The molecule has 0 N–H and O–H groups in total. The molecule has 2 unspecified atom stereocenters. The van der Waals surface area contributed by atoms with Crippen molar-refractivity contribution in [2.24, 2.45) is 5.92 Å². The molecule has 3 rings (SSSR count). The molecule has 2 heterocycles. The van der Waals surface area contributed by atoms with Crippen LogP contribution >= 0.6 is 0 Å². The predicted molar refractivity (Wildman–Crippen MR) is 138 cm³/mol. The second-order valence-electron chi connectivity index (χ2n) is 10.6. The van der Waals surface area contributed by atoms with Gasteiger partial charge < -0.3 is 4.74 Å². The third kappa shape index (κ3) is 9.53. The molecule has 2 aliphatic rings. The lowest BCUT2D eigenvalue weighted by Crippen LogP contribution is -2.57. The summed E-state index contributed by atoms with van der Waals surface area (Å²) in [5.41, 5.74) is 1.37. The average Bonchev–Trinajstić information content (AvgIpc) is 2.82. The summed E-state index contributed by atoms with van der Waals surface area (Å²) >= 11 is 0. The number of ketones is 1. The Morgan fingerprint density at radius 2 is 1.30 bits per heavy atom. The summed E-state index contributed by atoms with van der Waals surface area (Å²) in [6.45, 7) is 4.84. The van der Waals surface area contributed by atoms with E-state index in [1.54, 1.807) is 0 Å². The van der Waals surface area contributed by atoms with Gasteiger partial charge in [0.25, 0.3) is 0 Å². The Morgan fingerprint density at radius 1 is 0.788 bits per heavy atom. The van der Waals surface area contributed by atoms with Crippen molar-refractivity contribution in [2.45, 2.75) is 128 Å². The van der Waals surface area contributed by atoms with E-state index in [0.717, 1.165) is 45.4 Å². The lowest BCUT2D eigenvalue weighted by molar-refractivity contribution is -0.133. The SMILES string of the molecule is CCCCCCCCCCCCCCCC(=O)C1CC2COCC(C1)N2Cc1ccccc1. The molecule has 0 radical (unpaired) electrons. The van der Waals surface area contributed by atoms with Crippen LogP contribution in [-0.2, 0) is 16.1 Å². The van der Waals surface area contributed by atoms with E-state index in [4.69, 9.17) is 4.74 Å². The van der Waals surface area contributed by atoms with Gasteiger partial charge in [-0.25, -0.2) is 0 Å². The molecule has 2 fully saturated rings. The molecule has 2 atom stereocenters. The predicted octanol–water partition coefficient (Wildman–Crippen LogP) is 7.72. The molecule has 0 amide bonds. The molecular formula is C30H49NO2. The van der Waals surface area contributed by atoms with Gasteiger partial charge in [-0.2, -0.15) is 0 Å². The molecule has 1 aromatic carbocycles. The van der Waals surface area contributed by atoms with E-state index in [1.165, 1.54) is 82.6 Å². The lowest BCUT2D eigenvalue weighted by Gasteiger charge is -2.48. The summed E-state index contributed by atoms with van der Waals surface area (Å²) < 4.78 is 5.86. The Labute approximate surface area is 203 Å². The minimum Gasteiger partial charge on any atom is -0.378 e. The quantitative estimate of drug-likeness (QED) is 0.225. The first-order valence-electron chi connectivity index (χ1n) is 14.2. The fraction of sp³-hybridized carbons (Fsp3) is 0.767. The van der Waals surface area contributed by atoms with Crippen molar-refractivity contribution in [3.8, 4) is 0 Å². The smallest absolute Gasteiger partial charge is 0.136 e. The third-order valence-electron chi connectivity index (χ3n) is 7.86. The summed E-state index contributed by atoms with van der Waals surface area (Å²) in [4.78, 5) is 15.5. The molecule has 186 valence electrons. The molecule has 0 aliphatic carbocycles. The first kappa shape index (κ1) is 26.4. The number of Topliss-reactive ketones (excluding diaryl/α,β-unsaturated/α-hetero) is 1. The number of hydrogen-bond acceptors (Lipinski definition) is 3. The molecule has 0 spiro atoms. The van der Waals surface area contributed by atoms with Crippen molar-refractivity contribution in [1.29, 1.82) is 0 Å². The van der Waals surface area contributed by atoms with E-state index in [2.05, 4.69) is 42.2 Å². The highest BCUT2D eigenvalue weighted by atomic mass is 16.5. The molecule has 2 saturated heterocycles. The van der Waals surface area contributed by atoms with Crippen LogP contribution in [0.4, 0.5) is 0 Å². The zero-order valence-corrected chi connectivity index (χ0v) is 21.3.